The molecule has 0 spiro atoms. The fourth-order valence-corrected chi connectivity index (χ4v) is 1.70. The predicted molar refractivity (Wildman–Crippen MR) is 69.0 cm³/mol. The Labute approximate surface area is 107 Å². The first-order chi connectivity index (χ1) is 8.34. The average molecular weight is 254 g/mol. The largest absolute Gasteiger partial charge is 0.389 e. The molecule has 0 fully saturated rings. The minimum Gasteiger partial charge on any atom is -0.389 e. The molecule has 0 aliphatic rings. The lowest BCUT2D eigenvalue weighted by molar-refractivity contribution is -0.127. The van der Waals surface area contributed by atoms with E-state index in [0.29, 0.717) is 5.56 Å². The zero-order chi connectivity index (χ0) is 13.9. The molecule has 0 aliphatic heterocycles. The van der Waals surface area contributed by atoms with Crippen LogP contribution >= 0.6 is 0 Å². The van der Waals surface area contributed by atoms with Crippen LogP contribution in [0.2, 0.25) is 0 Å². The Morgan fingerprint density at radius 2 is 2.00 bits per heavy atom. The Hall–Kier alpha value is -1.62. The number of halogens is 1. The highest BCUT2D eigenvalue weighted by atomic mass is 19.1. The van der Waals surface area contributed by atoms with E-state index < -0.39 is 11.9 Å². The molecular formula is C13H19FN2O2. The van der Waals surface area contributed by atoms with Crippen molar-refractivity contribution in [2.45, 2.75) is 13.0 Å². The van der Waals surface area contributed by atoms with Crippen LogP contribution in [0.1, 0.15) is 18.6 Å². The second-order valence-electron chi connectivity index (χ2n) is 4.50. The molecule has 0 aliphatic carbocycles. The van der Waals surface area contributed by atoms with Crippen LogP contribution in [0.15, 0.2) is 18.2 Å². The van der Waals surface area contributed by atoms with Gasteiger partial charge >= 0.3 is 0 Å². The van der Waals surface area contributed by atoms with Crippen LogP contribution in [0.25, 0.3) is 0 Å². The summed E-state index contributed by atoms with van der Waals surface area (Å²) in [5, 5.41) is 9.63. The van der Waals surface area contributed by atoms with Gasteiger partial charge in [0.1, 0.15) is 5.82 Å². The first kappa shape index (κ1) is 14.4. The Balaban J connectivity index is 3.04. The number of carbonyl (C=O) groups is 1. The highest BCUT2D eigenvalue weighted by molar-refractivity contribution is 5.81. The fourth-order valence-electron chi connectivity index (χ4n) is 1.70. The second kappa shape index (κ2) is 5.82. The van der Waals surface area contributed by atoms with Crippen molar-refractivity contribution in [3.63, 3.8) is 0 Å². The third-order valence-corrected chi connectivity index (χ3v) is 2.72. The highest BCUT2D eigenvalue weighted by Gasteiger charge is 2.18. The maximum absolute atomic E-state index is 13.8. The molecule has 0 saturated heterocycles. The Morgan fingerprint density at radius 3 is 2.50 bits per heavy atom. The molecule has 1 aromatic carbocycles. The van der Waals surface area contributed by atoms with Gasteiger partial charge in [-0.3, -0.25) is 4.79 Å². The topological polar surface area (TPSA) is 43.8 Å². The van der Waals surface area contributed by atoms with E-state index in [-0.39, 0.29) is 18.1 Å². The van der Waals surface area contributed by atoms with E-state index in [1.165, 1.54) is 15.9 Å². The first-order valence-electron chi connectivity index (χ1n) is 5.72. The van der Waals surface area contributed by atoms with E-state index in [4.69, 9.17) is 0 Å². The lowest BCUT2D eigenvalue weighted by Crippen LogP contribution is -2.35. The first-order valence-corrected chi connectivity index (χ1v) is 5.72. The van der Waals surface area contributed by atoms with Crippen molar-refractivity contribution in [2.75, 3.05) is 32.6 Å². The van der Waals surface area contributed by atoms with Crippen molar-refractivity contribution in [1.29, 1.82) is 0 Å². The number of aliphatic hydroxyl groups is 1. The number of nitrogens with zero attached hydrogens (tertiary/aromatic N) is 2. The van der Waals surface area contributed by atoms with Crippen molar-refractivity contribution >= 4 is 11.6 Å². The number of carbonyl (C=O) groups excluding carboxylic acids is 1. The number of aliphatic hydroxyl groups excluding tert-OH is 1. The molecule has 0 unspecified atom stereocenters. The van der Waals surface area contributed by atoms with E-state index in [1.54, 1.807) is 40.2 Å². The number of amides is 1. The van der Waals surface area contributed by atoms with Gasteiger partial charge in [0.2, 0.25) is 5.91 Å². The van der Waals surface area contributed by atoms with Crippen molar-refractivity contribution < 1.29 is 14.3 Å². The van der Waals surface area contributed by atoms with Crippen LogP contribution < -0.4 is 4.90 Å². The molecule has 1 atom stereocenters. The quantitative estimate of drug-likeness (QED) is 0.883. The van der Waals surface area contributed by atoms with Crippen molar-refractivity contribution in [2.24, 2.45) is 0 Å². The van der Waals surface area contributed by atoms with E-state index in [9.17, 15) is 14.3 Å². The summed E-state index contributed by atoms with van der Waals surface area (Å²) in [5.74, 6) is -0.570. The molecule has 1 N–H and O–H groups in total. The summed E-state index contributed by atoms with van der Waals surface area (Å²) in [6.07, 6.45) is -0.785. The van der Waals surface area contributed by atoms with Crippen LogP contribution in [0.4, 0.5) is 10.1 Å². The Morgan fingerprint density at radius 1 is 1.39 bits per heavy atom. The number of hydrogen-bond donors (Lipinski definition) is 1. The zero-order valence-corrected chi connectivity index (χ0v) is 11.1. The maximum atomic E-state index is 13.8. The summed E-state index contributed by atoms with van der Waals surface area (Å²) in [6, 6.07) is 4.51. The lowest BCUT2D eigenvalue weighted by atomic mass is 10.1. The summed E-state index contributed by atoms with van der Waals surface area (Å²) >= 11 is 0. The van der Waals surface area contributed by atoms with E-state index in [1.807, 2.05) is 0 Å². The number of benzene rings is 1. The minimum absolute atomic E-state index is 0.0631. The number of para-hydroxylation sites is 1. The van der Waals surface area contributed by atoms with Gasteiger partial charge in [-0.15, -0.1) is 0 Å². The normalized spacial score (nSPS) is 12.1. The SMILES string of the molecule is C[C@@H](O)c1cccc(F)c1N(C)CC(=O)N(C)C. The van der Waals surface area contributed by atoms with Crippen LogP contribution in [0.3, 0.4) is 0 Å². The standard InChI is InChI=1S/C13H19FN2O2/c1-9(17)10-6-5-7-11(14)13(10)16(4)8-12(18)15(2)3/h5-7,9,17H,8H2,1-4H3/t9-/m1/s1. The molecule has 5 heteroatoms. The van der Waals surface area contributed by atoms with Crippen LogP contribution in [-0.4, -0.2) is 43.6 Å². The van der Waals surface area contributed by atoms with Gasteiger partial charge in [0.05, 0.1) is 18.3 Å². The van der Waals surface area contributed by atoms with Gasteiger partial charge in [-0.2, -0.15) is 0 Å². The third-order valence-electron chi connectivity index (χ3n) is 2.72. The van der Waals surface area contributed by atoms with E-state index >= 15 is 0 Å². The minimum atomic E-state index is -0.785. The number of anilines is 1. The predicted octanol–water partition coefficient (Wildman–Crippen LogP) is 1.40. The molecule has 0 bridgehead atoms. The summed E-state index contributed by atoms with van der Waals surface area (Å²) < 4.78 is 13.8. The number of rotatable bonds is 4. The molecule has 0 heterocycles. The van der Waals surface area contributed by atoms with Crippen LogP contribution in [-0.2, 0) is 4.79 Å². The smallest absolute Gasteiger partial charge is 0.241 e. The Bertz CT molecular complexity index is 433. The van der Waals surface area contributed by atoms with Gasteiger partial charge in [-0.25, -0.2) is 4.39 Å². The van der Waals surface area contributed by atoms with Crippen LogP contribution in [0.5, 0.6) is 0 Å². The lowest BCUT2D eigenvalue weighted by Gasteiger charge is -2.25. The molecule has 18 heavy (non-hydrogen) atoms. The second-order valence-corrected chi connectivity index (χ2v) is 4.50. The molecule has 1 amide bonds. The van der Waals surface area contributed by atoms with Gasteiger partial charge in [0, 0.05) is 26.7 Å². The number of hydrogen-bond acceptors (Lipinski definition) is 3. The highest BCUT2D eigenvalue weighted by Crippen LogP contribution is 2.28. The van der Waals surface area contributed by atoms with E-state index in [0.717, 1.165) is 0 Å². The molecule has 1 aromatic rings. The summed E-state index contributed by atoms with van der Waals surface area (Å²) in [4.78, 5) is 14.6. The van der Waals surface area contributed by atoms with Crippen molar-refractivity contribution in [1.82, 2.24) is 4.90 Å². The summed E-state index contributed by atoms with van der Waals surface area (Å²) in [7, 11) is 4.92. The van der Waals surface area contributed by atoms with Gasteiger partial charge in [-0.1, -0.05) is 12.1 Å². The Kier molecular flexibility index (Phi) is 4.67. The monoisotopic (exact) mass is 254 g/mol. The molecular weight excluding hydrogens is 235 g/mol. The summed E-state index contributed by atoms with van der Waals surface area (Å²) in [6.45, 7) is 1.63. The maximum Gasteiger partial charge on any atom is 0.241 e. The van der Waals surface area contributed by atoms with Gasteiger partial charge in [-0.05, 0) is 13.0 Å². The van der Waals surface area contributed by atoms with Crippen LogP contribution in [0, 0.1) is 5.82 Å². The zero-order valence-electron chi connectivity index (χ0n) is 11.1. The molecule has 4 nitrogen and oxygen atoms in total. The molecule has 0 saturated carbocycles. The molecule has 100 valence electrons. The van der Waals surface area contributed by atoms with Crippen molar-refractivity contribution in [3.8, 4) is 0 Å². The van der Waals surface area contributed by atoms with Gasteiger partial charge in [0.15, 0.2) is 0 Å². The molecule has 0 radical (unpaired) electrons. The van der Waals surface area contributed by atoms with E-state index in [2.05, 4.69) is 0 Å². The molecule has 1 rings (SSSR count). The van der Waals surface area contributed by atoms with Gasteiger partial charge in [0.25, 0.3) is 0 Å². The third kappa shape index (κ3) is 3.20. The summed E-state index contributed by atoms with van der Waals surface area (Å²) in [5.41, 5.74) is 0.742. The van der Waals surface area contributed by atoms with Gasteiger partial charge < -0.3 is 14.9 Å². The molecule has 0 aromatic heterocycles. The average Bonchev–Trinajstić information content (AvgIpc) is 2.27. The number of likely N-dealkylation sites (N-methyl/N-ethyl adjacent to an activating group) is 2. The fraction of sp³-hybridized carbons (Fsp3) is 0.462. The van der Waals surface area contributed by atoms with Crippen molar-refractivity contribution in [3.05, 3.63) is 29.6 Å².